The van der Waals surface area contributed by atoms with Crippen LogP contribution in [0.25, 0.3) is 17.1 Å². The molecule has 156 valence electrons. The minimum Gasteiger partial charge on any atom is -0.325 e. The minimum absolute atomic E-state index is 0.153. The molecule has 1 amide bonds. The van der Waals surface area contributed by atoms with E-state index < -0.39 is 0 Å². The van der Waals surface area contributed by atoms with Crippen LogP contribution in [-0.2, 0) is 4.79 Å². The SMILES string of the molecule is Cc1ccccc1-n1c(SCC(=O)Nc2cccc(Cl)c2)nnc1-c1ccc(Cl)cc1. The van der Waals surface area contributed by atoms with Crippen LogP contribution in [0, 0.1) is 6.92 Å². The lowest BCUT2D eigenvalue weighted by Crippen LogP contribution is -2.14. The third-order valence-corrected chi connectivity index (χ3v) is 5.95. The Kier molecular flexibility index (Phi) is 6.61. The fourth-order valence-electron chi connectivity index (χ4n) is 3.07. The molecule has 4 aromatic rings. The normalized spacial score (nSPS) is 10.8. The largest absolute Gasteiger partial charge is 0.325 e. The van der Waals surface area contributed by atoms with Crippen molar-refractivity contribution >= 4 is 46.6 Å². The first-order chi connectivity index (χ1) is 15.0. The van der Waals surface area contributed by atoms with Gasteiger partial charge in [-0.25, -0.2) is 0 Å². The van der Waals surface area contributed by atoms with Gasteiger partial charge in [0.1, 0.15) is 0 Å². The summed E-state index contributed by atoms with van der Waals surface area (Å²) in [5.74, 6) is 0.709. The summed E-state index contributed by atoms with van der Waals surface area (Å²) in [5.41, 5.74) is 3.56. The molecular formula is C23H18Cl2N4OS. The molecule has 4 rings (SSSR count). The van der Waals surface area contributed by atoms with E-state index in [-0.39, 0.29) is 11.7 Å². The first kappa shape index (κ1) is 21.4. The van der Waals surface area contributed by atoms with Crippen LogP contribution < -0.4 is 5.32 Å². The van der Waals surface area contributed by atoms with Gasteiger partial charge in [-0.1, -0.05) is 59.2 Å². The van der Waals surface area contributed by atoms with E-state index in [2.05, 4.69) is 15.5 Å². The summed E-state index contributed by atoms with van der Waals surface area (Å²) >= 11 is 13.4. The number of carbonyl (C=O) groups is 1. The number of para-hydroxylation sites is 1. The summed E-state index contributed by atoms with van der Waals surface area (Å²) in [4.78, 5) is 12.5. The maximum absolute atomic E-state index is 12.5. The van der Waals surface area contributed by atoms with Crippen LogP contribution in [0.4, 0.5) is 5.69 Å². The number of carbonyl (C=O) groups excluding carboxylic acids is 1. The monoisotopic (exact) mass is 468 g/mol. The quantitative estimate of drug-likeness (QED) is 0.338. The molecule has 0 saturated heterocycles. The van der Waals surface area contributed by atoms with Crippen molar-refractivity contribution in [3.63, 3.8) is 0 Å². The zero-order chi connectivity index (χ0) is 21.8. The number of aryl methyl sites for hydroxylation is 1. The number of thioether (sulfide) groups is 1. The van der Waals surface area contributed by atoms with E-state index in [0.717, 1.165) is 16.8 Å². The van der Waals surface area contributed by atoms with Gasteiger partial charge < -0.3 is 5.32 Å². The zero-order valence-electron chi connectivity index (χ0n) is 16.5. The van der Waals surface area contributed by atoms with Crippen LogP contribution in [0.15, 0.2) is 78.0 Å². The van der Waals surface area contributed by atoms with Crippen molar-refractivity contribution in [2.24, 2.45) is 0 Å². The lowest BCUT2D eigenvalue weighted by Gasteiger charge is -2.13. The number of nitrogens with zero attached hydrogens (tertiary/aromatic N) is 3. The molecule has 8 heteroatoms. The number of amides is 1. The minimum atomic E-state index is -0.153. The van der Waals surface area contributed by atoms with E-state index in [0.29, 0.717) is 26.7 Å². The average Bonchev–Trinajstić information content (AvgIpc) is 3.17. The van der Waals surface area contributed by atoms with Crippen molar-refractivity contribution in [3.8, 4) is 17.1 Å². The molecule has 0 aliphatic carbocycles. The highest BCUT2D eigenvalue weighted by atomic mass is 35.5. The van der Waals surface area contributed by atoms with Gasteiger partial charge in [-0.15, -0.1) is 10.2 Å². The number of hydrogen-bond acceptors (Lipinski definition) is 4. The summed E-state index contributed by atoms with van der Waals surface area (Å²) < 4.78 is 1.97. The molecule has 0 atom stereocenters. The highest BCUT2D eigenvalue weighted by Gasteiger charge is 2.18. The van der Waals surface area contributed by atoms with Crippen LogP contribution >= 0.6 is 35.0 Å². The molecule has 0 saturated carbocycles. The van der Waals surface area contributed by atoms with E-state index in [1.165, 1.54) is 11.8 Å². The number of nitrogens with one attached hydrogen (secondary N) is 1. The lowest BCUT2D eigenvalue weighted by molar-refractivity contribution is -0.113. The fraction of sp³-hybridized carbons (Fsp3) is 0.0870. The Hall–Kier alpha value is -2.80. The predicted octanol–water partition coefficient (Wildman–Crippen LogP) is 6.28. The molecule has 0 fully saturated rings. The molecule has 0 aliphatic heterocycles. The summed E-state index contributed by atoms with van der Waals surface area (Å²) in [6.45, 7) is 2.03. The number of anilines is 1. The van der Waals surface area contributed by atoms with E-state index in [4.69, 9.17) is 23.2 Å². The first-order valence-electron chi connectivity index (χ1n) is 9.47. The highest BCUT2D eigenvalue weighted by molar-refractivity contribution is 7.99. The molecule has 5 nitrogen and oxygen atoms in total. The molecular weight excluding hydrogens is 451 g/mol. The van der Waals surface area contributed by atoms with Crippen molar-refractivity contribution in [2.45, 2.75) is 12.1 Å². The summed E-state index contributed by atoms with van der Waals surface area (Å²) in [5, 5.41) is 13.5. The van der Waals surface area contributed by atoms with Crippen LogP contribution in [0.2, 0.25) is 10.0 Å². The van der Waals surface area contributed by atoms with E-state index in [1.807, 2.05) is 60.0 Å². The Bertz CT molecular complexity index is 1220. The fourth-order valence-corrected chi connectivity index (χ4v) is 4.14. The van der Waals surface area contributed by atoms with Gasteiger partial charge in [0, 0.05) is 21.3 Å². The average molecular weight is 469 g/mol. The number of halogens is 2. The van der Waals surface area contributed by atoms with Crippen molar-refractivity contribution in [2.75, 3.05) is 11.1 Å². The first-order valence-corrected chi connectivity index (χ1v) is 11.2. The zero-order valence-corrected chi connectivity index (χ0v) is 18.9. The van der Waals surface area contributed by atoms with Crippen molar-refractivity contribution in [1.82, 2.24) is 14.8 Å². The van der Waals surface area contributed by atoms with Gasteiger partial charge in [-0.2, -0.15) is 0 Å². The van der Waals surface area contributed by atoms with Crippen LogP contribution in [-0.4, -0.2) is 26.4 Å². The Balaban J connectivity index is 1.62. The van der Waals surface area contributed by atoms with E-state index >= 15 is 0 Å². The molecule has 0 spiro atoms. The molecule has 1 N–H and O–H groups in total. The number of hydrogen-bond donors (Lipinski definition) is 1. The van der Waals surface area contributed by atoms with Crippen molar-refractivity contribution in [1.29, 1.82) is 0 Å². The molecule has 0 radical (unpaired) electrons. The summed E-state index contributed by atoms with van der Waals surface area (Å²) in [7, 11) is 0. The van der Waals surface area contributed by atoms with E-state index in [1.54, 1.807) is 24.3 Å². The van der Waals surface area contributed by atoms with Gasteiger partial charge in [0.2, 0.25) is 5.91 Å². The van der Waals surface area contributed by atoms with Crippen molar-refractivity contribution < 1.29 is 4.79 Å². The summed E-state index contributed by atoms with van der Waals surface area (Å²) in [6, 6.07) is 22.5. The maximum Gasteiger partial charge on any atom is 0.234 e. The van der Waals surface area contributed by atoms with E-state index in [9.17, 15) is 4.79 Å². The second-order valence-corrected chi connectivity index (χ2v) is 8.60. The second-order valence-electron chi connectivity index (χ2n) is 6.78. The Morgan fingerprint density at radius 3 is 2.48 bits per heavy atom. The van der Waals surface area contributed by atoms with Gasteiger partial charge in [0.25, 0.3) is 0 Å². The van der Waals surface area contributed by atoms with Crippen molar-refractivity contribution in [3.05, 3.63) is 88.4 Å². The standard InChI is InChI=1S/C23H18Cl2N4OS/c1-15-5-2-3-8-20(15)29-22(16-9-11-17(24)12-10-16)27-28-23(29)31-14-21(30)26-19-7-4-6-18(25)13-19/h2-13H,14H2,1H3,(H,26,30). The molecule has 3 aromatic carbocycles. The van der Waals surface area contributed by atoms with Gasteiger partial charge in [0.15, 0.2) is 11.0 Å². The molecule has 0 aliphatic rings. The summed E-state index contributed by atoms with van der Waals surface area (Å²) in [6.07, 6.45) is 0. The molecule has 1 aromatic heterocycles. The maximum atomic E-state index is 12.5. The Morgan fingerprint density at radius 2 is 1.74 bits per heavy atom. The second kappa shape index (κ2) is 9.56. The molecule has 1 heterocycles. The van der Waals surface area contributed by atoms with Crippen LogP contribution in [0.3, 0.4) is 0 Å². The third-order valence-electron chi connectivity index (χ3n) is 4.53. The molecule has 0 bridgehead atoms. The smallest absolute Gasteiger partial charge is 0.234 e. The third kappa shape index (κ3) is 5.10. The van der Waals surface area contributed by atoms with Crippen LogP contribution in [0.5, 0.6) is 0 Å². The topological polar surface area (TPSA) is 59.8 Å². The van der Waals surface area contributed by atoms with Gasteiger partial charge in [-0.3, -0.25) is 9.36 Å². The van der Waals surface area contributed by atoms with Gasteiger partial charge >= 0.3 is 0 Å². The van der Waals surface area contributed by atoms with Crippen LogP contribution in [0.1, 0.15) is 5.56 Å². The Labute approximate surface area is 194 Å². The number of rotatable bonds is 6. The number of benzene rings is 3. The van der Waals surface area contributed by atoms with Gasteiger partial charge in [0.05, 0.1) is 11.4 Å². The Morgan fingerprint density at radius 1 is 0.968 bits per heavy atom. The molecule has 31 heavy (non-hydrogen) atoms. The number of aromatic nitrogens is 3. The highest BCUT2D eigenvalue weighted by Crippen LogP contribution is 2.30. The van der Waals surface area contributed by atoms with Gasteiger partial charge in [-0.05, 0) is 61.0 Å². The predicted molar refractivity (Wildman–Crippen MR) is 127 cm³/mol. The lowest BCUT2D eigenvalue weighted by atomic mass is 10.1. The molecule has 0 unspecified atom stereocenters.